The van der Waals surface area contributed by atoms with E-state index in [1.165, 1.54) is 4.68 Å². The van der Waals surface area contributed by atoms with E-state index in [0.717, 1.165) is 16.8 Å². The summed E-state index contributed by atoms with van der Waals surface area (Å²) in [7, 11) is 1.69. The van der Waals surface area contributed by atoms with Crippen molar-refractivity contribution < 1.29 is 9.90 Å². The van der Waals surface area contributed by atoms with E-state index in [0.29, 0.717) is 23.0 Å². The SMILES string of the molecule is Cc1cc(C)cc(Nc2nccc(-c3cc(C(=O)NCCO)n(C)n3)n2)c1. The number of nitrogens with zero attached hydrogens (tertiary/aromatic N) is 4. The molecule has 3 N–H and O–H groups in total. The van der Waals surface area contributed by atoms with Crippen LogP contribution in [0.3, 0.4) is 0 Å². The number of hydrogen-bond donors (Lipinski definition) is 3. The van der Waals surface area contributed by atoms with Gasteiger partial charge in [0.1, 0.15) is 11.4 Å². The van der Waals surface area contributed by atoms with Gasteiger partial charge in [0, 0.05) is 25.5 Å². The Morgan fingerprint density at radius 2 is 1.89 bits per heavy atom. The number of aromatic nitrogens is 4. The number of aryl methyl sites for hydroxylation is 3. The van der Waals surface area contributed by atoms with Crippen LogP contribution in [0.25, 0.3) is 11.4 Å². The average molecular weight is 366 g/mol. The van der Waals surface area contributed by atoms with Gasteiger partial charge >= 0.3 is 0 Å². The second-order valence-electron chi connectivity index (χ2n) is 6.28. The Morgan fingerprint density at radius 3 is 2.59 bits per heavy atom. The van der Waals surface area contributed by atoms with Gasteiger partial charge in [0.2, 0.25) is 5.95 Å². The number of carbonyl (C=O) groups is 1. The molecule has 27 heavy (non-hydrogen) atoms. The molecule has 0 aliphatic carbocycles. The van der Waals surface area contributed by atoms with Gasteiger partial charge in [-0.05, 0) is 49.2 Å². The van der Waals surface area contributed by atoms with Crippen molar-refractivity contribution in [3.05, 3.63) is 53.3 Å². The van der Waals surface area contributed by atoms with Crippen LogP contribution in [0.5, 0.6) is 0 Å². The van der Waals surface area contributed by atoms with Crippen molar-refractivity contribution in [1.82, 2.24) is 25.1 Å². The molecule has 1 amide bonds. The van der Waals surface area contributed by atoms with Crippen LogP contribution in [0.15, 0.2) is 36.5 Å². The Hall–Kier alpha value is -3.26. The molecule has 3 aromatic rings. The first kappa shape index (κ1) is 18.5. The maximum absolute atomic E-state index is 12.1. The molecule has 2 aromatic heterocycles. The van der Waals surface area contributed by atoms with Gasteiger partial charge in [0.25, 0.3) is 5.91 Å². The van der Waals surface area contributed by atoms with Crippen LogP contribution in [0, 0.1) is 13.8 Å². The van der Waals surface area contributed by atoms with Crippen molar-refractivity contribution >= 4 is 17.5 Å². The molecule has 0 atom stereocenters. The van der Waals surface area contributed by atoms with Gasteiger partial charge < -0.3 is 15.7 Å². The Labute approximate surface area is 157 Å². The average Bonchev–Trinajstić information content (AvgIpc) is 3.01. The number of anilines is 2. The molecular formula is C19H22N6O2. The minimum Gasteiger partial charge on any atom is -0.395 e. The van der Waals surface area contributed by atoms with E-state index in [1.54, 1.807) is 25.4 Å². The van der Waals surface area contributed by atoms with E-state index in [-0.39, 0.29) is 19.1 Å². The molecule has 0 fully saturated rings. The monoisotopic (exact) mass is 366 g/mol. The van der Waals surface area contributed by atoms with Crippen LogP contribution < -0.4 is 10.6 Å². The van der Waals surface area contributed by atoms with Gasteiger partial charge in [0.05, 0.1) is 12.3 Å². The van der Waals surface area contributed by atoms with E-state index in [1.807, 2.05) is 26.0 Å². The fourth-order valence-electron chi connectivity index (χ4n) is 2.80. The highest BCUT2D eigenvalue weighted by Gasteiger charge is 2.15. The van der Waals surface area contributed by atoms with Crippen LogP contribution in [0.1, 0.15) is 21.6 Å². The molecule has 0 spiro atoms. The van der Waals surface area contributed by atoms with E-state index in [9.17, 15) is 4.79 Å². The second-order valence-corrected chi connectivity index (χ2v) is 6.28. The molecule has 1 aromatic carbocycles. The summed E-state index contributed by atoms with van der Waals surface area (Å²) in [6.45, 7) is 4.14. The van der Waals surface area contributed by atoms with Crippen molar-refractivity contribution in [3.63, 3.8) is 0 Å². The molecule has 8 heteroatoms. The summed E-state index contributed by atoms with van der Waals surface area (Å²) in [5.41, 5.74) is 4.77. The summed E-state index contributed by atoms with van der Waals surface area (Å²) in [6, 6.07) is 9.54. The van der Waals surface area contributed by atoms with Crippen molar-refractivity contribution in [1.29, 1.82) is 0 Å². The Kier molecular flexibility index (Phi) is 5.46. The number of carbonyl (C=O) groups excluding carboxylic acids is 1. The van der Waals surface area contributed by atoms with Crippen molar-refractivity contribution in [3.8, 4) is 11.4 Å². The first-order valence-corrected chi connectivity index (χ1v) is 8.58. The summed E-state index contributed by atoms with van der Waals surface area (Å²) >= 11 is 0. The Balaban J connectivity index is 1.84. The zero-order chi connectivity index (χ0) is 19.4. The summed E-state index contributed by atoms with van der Waals surface area (Å²) in [4.78, 5) is 20.9. The fourth-order valence-corrected chi connectivity index (χ4v) is 2.80. The predicted molar refractivity (Wildman–Crippen MR) is 103 cm³/mol. The summed E-state index contributed by atoms with van der Waals surface area (Å²) in [6.07, 6.45) is 1.65. The third-order valence-electron chi connectivity index (χ3n) is 3.91. The molecule has 0 bridgehead atoms. The van der Waals surface area contributed by atoms with Crippen LogP contribution >= 0.6 is 0 Å². The van der Waals surface area contributed by atoms with Gasteiger partial charge in [0.15, 0.2) is 0 Å². The van der Waals surface area contributed by atoms with Gasteiger partial charge in [-0.2, -0.15) is 5.10 Å². The lowest BCUT2D eigenvalue weighted by atomic mass is 10.1. The number of amides is 1. The van der Waals surface area contributed by atoms with Gasteiger partial charge in [-0.1, -0.05) is 6.07 Å². The maximum Gasteiger partial charge on any atom is 0.269 e. The minimum atomic E-state index is -0.298. The highest BCUT2D eigenvalue weighted by Crippen LogP contribution is 2.21. The van der Waals surface area contributed by atoms with E-state index in [2.05, 4.69) is 31.8 Å². The van der Waals surface area contributed by atoms with Gasteiger partial charge in [-0.25, -0.2) is 9.97 Å². The molecule has 140 valence electrons. The summed E-state index contributed by atoms with van der Waals surface area (Å²) in [5, 5.41) is 19.0. The van der Waals surface area contributed by atoms with E-state index >= 15 is 0 Å². The number of aliphatic hydroxyl groups is 1. The van der Waals surface area contributed by atoms with Crippen LogP contribution in [0.4, 0.5) is 11.6 Å². The smallest absolute Gasteiger partial charge is 0.269 e. The second kappa shape index (κ2) is 7.96. The molecule has 0 aliphatic heterocycles. The number of hydrogen-bond acceptors (Lipinski definition) is 6. The fraction of sp³-hybridized carbons (Fsp3) is 0.263. The van der Waals surface area contributed by atoms with Crippen molar-refractivity contribution in [2.24, 2.45) is 7.05 Å². The normalized spacial score (nSPS) is 10.7. The van der Waals surface area contributed by atoms with Gasteiger partial charge in [-0.3, -0.25) is 9.48 Å². The highest BCUT2D eigenvalue weighted by molar-refractivity contribution is 5.93. The largest absolute Gasteiger partial charge is 0.395 e. The molecular weight excluding hydrogens is 344 g/mol. The molecule has 0 aliphatic rings. The zero-order valence-corrected chi connectivity index (χ0v) is 15.5. The maximum atomic E-state index is 12.1. The summed E-state index contributed by atoms with van der Waals surface area (Å²) < 4.78 is 1.49. The molecule has 0 unspecified atom stereocenters. The van der Waals surface area contributed by atoms with Crippen molar-refractivity contribution in [2.75, 3.05) is 18.5 Å². The number of rotatable bonds is 6. The molecule has 0 saturated heterocycles. The first-order valence-electron chi connectivity index (χ1n) is 8.58. The topological polar surface area (TPSA) is 105 Å². The van der Waals surface area contributed by atoms with E-state index < -0.39 is 0 Å². The zero-order valence-electron chi connectivity index (χ0n) is 15.5. The summed E-state index contributed by atoms with van der Waals surface area (Å²) in [5.74, 6) is 0.155. The third kappa shape index (κ3) is 4.48. The number of aliphatic hydroxyl groups excluding tert-OH is 1. The number of nitrogens with one attached hydrogen (secondary N) is 2. The van der Waals surface area contributed by atoms with Crippen LogP contribution in [-0.2, 0) is 7.05 Å². The number of benzene rings is 1. The molecule has 3 rings (SSSR count). The lowest BCUT2D eigenvalue weighted by Crippen LogP contribution is -2.28. The van der Waals surface area contributed by atoms with E-state index in [4.69, 9.17) is 5.11 Å². The minimum absolute atomic E-state index is 0.115. The standard InChI is InChI=1S/C19H22N6O2/c1-12-8-13(2)10-14(9-12)22-19-21-5-4-15(23-19)16-11-17(25(3)24-16)18(27)20-6-7-26/h4-5,8-11,26H,6-7H2,1-3H3,(H,20,27)(H,21,22,23). The Morgan fingerprint density at radius 1 is 1.15 bits per heavy atom. The van der Waals surface area contributed by atoms with Crippen molar-refractivity contribution in [2.45, 2.75) is 13.8 Å². The lowest BCUT2D eigenvalue weighted by molar-refractivity contribution is 0.0935. The molecule has 2 heterocycles. The molecule has 8 nitrogen and oxygen atoms in total. The first-order chi connectivity index (χ1) is 13.0. The molecule has 0 saturated carbocycles. The Bertz CT molecular complexity index is 946. The van der Waals surface area contributed by atoms with Crippen LogP contribution in [-0.4, -0.2) is 43.9 Å². The quantitative estimate of drug-likeness (QED) is 0.616. The van der Waals surface area contributed by atoms with Gasteiger partial charge in [-0.15, -0.1) is 0 Å². The lowest BCUT2D eigenvalue weighted by Gasteiger charge is -2.07. The highest BCUT2D eigenvalue weighted by atomic mass is 16.3. The third-order valence-corrected chi connectivity index (χ3v) is 3.91. The van der Waals surface area contributed by atoms with Crippen LogP contribution in [0.2, 0.25) is 0 Å². The predicted octanol–water partition coefficient (Wildman–Crippen LogP) is 1.96. The molecule has 0 radical (unpaired) electrons.